The zero-order chi connectivity index (χ0) is 16.9. The fourth-order valence-corrected chi connectivity index (χ4v) is 3.00. The minimum Gasteiger partial charge on any atom is -0.478 e. The van der Waals surface area contributed by atoms with Crippen LogP contribution in [-0.2, 0) is 16.0 Å². The van der Waals surface area contributed by atoms with Crippen molar-refractivity contribution >= 4 is 11.9 Å². The summed E-state index contributed by atoms with van der Waals surface area (Å²) < 4.78 is 5.54. The van der Waals surface area contributed by atoms with Crippen molar-refractivity contribution in [2.75, 3.05) is 19.8 Å². The maximum atomic E-state index is 12.8. The molecule has 124 valence electrons. The van der Waals surface area contributed by atoms with Gasteiger partial charge in [0.05, 0.1) is 31.2 Å². The van der Waals surface area contributed by atoms with Crippen molar-refractivity contribution in [3.63, 3.8) is 0 Å². The standard InChI is InChI=1S/C19H19NO4/c21-18(12-15-8-4-5-9-16(15)19(22)23)20-10-11-24-13-17(20)14-6-2-1-3-7-14/h1-9,17H,10-13H2,(H,22,23). The van der Waals surface area contributed by atoms with Crippen molar-refractivity contribution in [2.24, 2.45) is 0 Å². The summed E-state index contributed by atoms with van der Waals surface area (Å²) in [5.41, 5.74) is 1.74. The number of carboxylic acids is 1. The van der Waals surface area contributed by atoms with Gasteiger partial charge in [-0.05, 0) is 17.2 Å². The number of ether oxygens (including phenoxy) is 1. The highest BCUT2D eigenvalue weighted by molar-refractivity contribution is 5.91. The van der Waals surface area contributed by atoms with Crippen LogP contribution in [-0.4, -0.2) is 41.6 Å². The molecule has 1 heterocycles. The van der Waals surface area contributed by atoms with E-state index in [0.29, 0.717) is 25.3 Å². The summed E-state index contributed by atoms with van der Waals surface area (Å²) in [6, 6.07) is 16.3. The van der Waals surface area contributed by atoms with Crippen molar-refractivity contribution in [1.82, 2.24) is 4.90 Å². The van der Waals surface area contributed by atoms with Gasteiger partial charge in [-0.2, -0.15) is 0 Å². The third-order valence-corrected chi connectivity index (χ3v) is 4.22. The van der Waals surface area contributed by atoms with E-state index in [2.05, 4.69) is 0 Å². The minimum atomic E-state index is -1.01. The van der Waals surface area contributed by atoms with Gasteiger partial charge in [0.2, 0.25) is 5.91 Å². The third kappa shape index (κ3) is 3.46. The SMILES string of the molecule is O=C(O)c1ccccc1CC(=O)N1CCOCC1c1ccccc1. The molecular weight excluding hydrogens is 306 g/mol. The molecule has 1 N–H and O–H groups in total. The first-order chi connectivity index (χ1) is 11.7. The molecule has 0 saturated carbocycles. The second-order valence-electron chi connectivity index (χ2n) is 5.73. The first-order valence-electron chi connectivity index (χ1n) is 7.90. The predicted molar refractivity (Wildman–Crippen MR) is 88.8 cm³/mol. The number of benzene rings is 2. The summed E-state index contributed by atoms with van der Waals surface area (Å²) in [6.07, 6.45) is 0.0752. The van der Waals surface area contributed by atoms with Crippen molar-refractivity contribution < 1.29 is 19.4 Å². The lowest BCUT2D eigenvalue weighted by Crippen LogP contribution is -2.44. The van der Waals surface area contributed by atoms with Crippen LogP contribution in [0.25, 0.3) is 0 Å². The van der Waals surface area contributed by atoms with Gasteiger partial charge in [0.1, 0.15) is 0 Å². The van der Waals surface area contributed by atoms with Crippen LogP contribution in [0.3, 0.4) is 0 Å². The maximum absolute atomic E-state index is 12.8. The molecule has 1 fully saturated rings. The van der Waals surface area contributed by atoms with Gasteiger partial charge in [-0.15, -0.1) is 0 Å². The van der Waals surface area contributed by atoms with Crippen LogP contribution in [0.15, 0.2) is 54.6 Å². The number of hydrogen-bond donors (Lipinski definition) is 1. The van der Waals surface area contributed by atoms with E-state index in [1.807, 2.05) is 30.3 Å². The Hall–Kier alpha value is -2.66. The van der Waals surface area contributed by atoms with Gasteiger partial charge in [-0.3, -0.25) is 4.79 Å². The Morgan fingerprint density at radius 3 is 2.54 bits per heavy atom. The normalized spacial score (nSPS) is 17.5. The summed E-state index contributed by atoms with van der Waals surface area (Å²) in [6.45, 7) is 1.46. The molecule has 1 aliphatic heterocycles. The quantitative estimate of drug-likeness (QED) is 0.938. The van der Waals surface area contributed by atoms with Crippen molar-refractivity contribution in [3.05, 3.63) is 71.3 Å². The Bertz CT molecular complexity index is 729. The number of carboxylic acid groups (broad SMARTS) is 1. The number of carbonyl (C=O) groups is 2. The number of rotatable bonds is 4. The molecule has 0 bridgehead atoms. The average molecular weight is 325 g/mol. The molecular formula is C19H19NO4. The Labute approximate surface area is 140 Å². The summed E-state index contributed by atoms with van der Waals surface area (Å²) in [4.78, 5) is 25.9. The molecule has 3 rings (SSSR count). The van der Waals surface area contributed by atoms with E-state index in [4.69, 9.17) is 4.74 Å². The summed E-state index contributed by atoms with van der Waals surface area (Å²) in [7, 11) is 0. The van der Waals surface area contributed by atoms with E-state index < -0.39 is 5.97 Å². The topological polar surface area (TPSA) is 66.8 Å². The lowest BCUT2D eigenvalue weighted by atomic mass is 10.0. The number of amides is 1. The molecule has 24 heavy (non-hydrogen) atoms. The van der Waals surface area contributed by atoms with Gasteiger partial charge in [0, 0.05) is 6.54 Å². The Balaban J connectivity index is 1.82. The van der Waals surface area contributed by atoms with Gasteiger partial charge in [-0.25, -0.2) is 4.79 Å². The summed E-state index contributed by atoms with van der Waals surface area (Å²) >= 11 is 0. The molecule has 0 aliphatic carbocycles. The van der Waals surface area contributed by atoms with Crippen LogP contribution >= 0.6 is 0 Å². The van der Waals surface area contributed by atoms with Gasteiger partial charge in [-0.1, -0.05) is 48.5 Å². The van der Waals surface area contributed by atoms with E-state index in [0.717, 1.165) is 5.56 Å². The fraction of sp³-hybridized carbons (Fsp3) is 0.263. The molecule has 1 saturated heterocycles. The zero-order valence-electron chi connectivity index (χ0n) is 13.2. The molecule has 2 aromatic carbocycles. The lowest BCUT2D eigenvalue weighted by Gasteiger charge is -2.36. The van der Waals surface area contributed by atoms with E-state index >= 15 is 0 Å². The molecule has 0 spiro atoms. The second kappa shape index (κ2) is 7.27. The fourth-order valence-electron chi connectivity index (χ4n) is 3.00. The minimum absolute atomic E-state index is 0.0752. The molecule has 0 radical (unpaired) electrons. The Morgan fingerprint density at radius 1 is 1.08 bits per heavy atom. The molecule has 0 aromatic heterocycles. The first kappa shape index (κ1) is 16.2. The van der Waals surface area contributed by atoms with Crippen LogP contribution in [0.2, 0.25) is 0 Å². The average Bonchev–Trinajstić information content (AvgIpc) is 2.62. The van der Waals surface area contributed by atoms with Crippen molar-refractivity contribution in [3.8, 4) is 0 Å². The number of aromatic carboxylic acids is 1. The number of morpholine rings is 1. The van der Waals surface area contributed by atoms with Crippen LogP contribution in [0.1, 0.15) is 27.5 Å². The van der Waals surface area contributed by atoms with Gasteiger partial charge >= 0.3 is 5.97 Å². The summed E-state index contributed by atoms with van der Waals surface area (Å²) in [5, 5.41) is 9.27. The van der Waals surface area contributed by atoms with Crippen molar-refractivity contribution in [2.45, 2.75) is 12.5 Å². The Morgan fingerprint density at radius 2 is 1.79 bits per heavy atom. The highest BCUT2D eigenvalue weighted by Crippen LogP contribution is 2.25. The first-order valence-corrected chi connectivity index (χ1v) is 7.90. The number of hydrogen-bond acceptors (Lipinski definition) is 3. The molecule has 1 aliphatic rings. The monoisotopic (exact) mass is 325 g/mol. The van der Waals surface area contributed by atoms with E-state index in [1.165, 1.54) is 6.07 Å². The molecule has 5 heteroatoms. The lowest BCUT2D eigenvalue weighted by molar-refractivity contribution is -0.139. The van der Waals surface area contributed by atoms with E-state index in [9.17, 15) is 14.7 Å². The molecule has 5 nitrogen and oxygen atoms in total. The largest absolute Gasteiger partial charge is 0.478 e. The van der Waals surface area contributed by atoms with E-state index in [1.54, 1.807) is 23.1 Å². The molecule has 1 unspecified atom stereocenters. The van der Waals surface area contributed by atoms with Gasteiger partial charge in [0.15, 0.2) is 0 Å². The highest BCUT2D eigenvalue weighted by Gasteiger charge is 2.29. The van der Waals surface area contributed by atoms with E-state index in [-0.39, 0.29) is 23.9 Å². The van der Waals surface area contributed by atoms with Gasteiger partial charge in [0.25, 0.3) is 0 Å². The Kier molecular flexibility index (Phi) is 4.91. The van der Waals surface area contributed by atoms with Crippen LogP contribution in [0, 0.1) is 0 Å². The molecule has 1 amide bonds. The highest BCUT2D eigenvalue weighted by atomic mass is 16.5. The third-order valence-electron chi connectivity index (χ3n) is 4.22. The van der Waals surface area contributed by atoms with Crippen LogP contribution in [0.5, 0.6) is 0 Å². The van der Waals surface area contributed by atoms with Crippen LogP contribution < -0.4 is 0 Å². The molecule has 2 aromatic rings. The summed E-state index contributed by atoms with van der Waals surface area (Å²) in [5.74, 6) is -1.10. The number of carbonyl (C=O) groups excluding carboxylic acids is 1. The predicted octanol–water partition coefficient (Wildman–Crippen LogP) is 2.53. The zero-order valence-corrected chi connectivity index (χ0v) is 13.2. The number of nitrogens with zero attached hydrogens (tertiary/aromatic N) is 1. The maximum Gasteiger partial charge on any atom is 0.335 e. The smallest absolute Gasteiger partial charge is 0.335 e. The second-order valence-corrected chi connectivity index (χ2v) is 5.73. The van der Waals surface area contributed by atoms with Crippen molar-refractivity contribution in [1.29, 1.82) is 0 Å². The molecule has 1 atom stereocenters. The van der Waals surface area contributed by atoms with Crippen LogP contribution in [0.4, 0.5) is 0 Å². The van der Waals surface area contributed by atoms with Gasteiger partial charge < -0.3 is 14.7 Å².